The predicted octanol–water partition coefficient (Wildman–Crippen LogP) is 4.09. The fourth-order valence-corrected chi connectivity index (χ4v) is 4.72. The Morgan fingerprint density at radius 3 is 2.45 bits per heavy atom. The molecule has 5 nitrogen and oxygen atoms in total. The van der Waals surface area contributed by atoms with Crippen LogP contribution in [0.5, 0.6) is 0 Å². The van der Waals surface area contributed by atoms with Gasteiger partial charge in [0.15, 0.2) is 0 Å². The maximum Gasteiger partial charge on any atom is 0.234 e. The van der Waals surface area contributed by atoms with E-state index in [0.29, 0.717) is 6.54 Å². The largest absolute Gasteiger partial charge is 0.348 e. The maximum atomic E-state index is 12.6. The Balaban J connectivity index is 1.22. The minimum atomic E-state index is 0.00826. The molecular weight excluding hydrogens is 386 g/mol. The number of anilines is 1. The maximum absolute atomic E-state index is 12.6. The molecule has 2 aromatic rings. The van der Waals surface area contributed by atoms with Crippen LogP contribution in [0.1, 0.15) is 55.3 Å². The van der Waals surface area contributed by atoms with Crippen molar-refractivity contribution in [3.8, 4) is 0 Å². The van der Waals surface area contributed by atoms with Crippen molar-refractivity contribution in [2.24, 2.45) is 5.92 Å². The molecule has 0 unspecified atom stereocenters. The summed E-state index contributed by atoms with van der Waals surface area (Å²) in [5.41, 5.74) is 4.93. The van der Waals surface area contributed by atoms with Crippen molar-refractivity contribution in [3.63, 3.8) is 0 Å². The lowest BCUT2D eigenvalue weighted by atomic mass is 9.89. The van der Waals surface area contributed by atoms with E-state index >= 15 is 0 Å². The zero-order valence-electron chi connectivity index (χ0n) is 18.4. The number of likely N-dealkylation sites (tertiary alicyclic amines) is 1. The fraction of sp³-hybridized carbons (Fsp3) is 0.462. The quantitative estimate of drug-likeness (QED) is 0.741. The standard InChI is InChI=1S/C26H33N3O2/c1-19(22-12-11-20-7-5-6-8-23(20)17-22)27-25(30)18-29-15-13-21(14-16-29)26(31)28-24-9-3-2-4-10-24/h2-4,9-12,17,19,21H,5-8,13-16,18H2,1H3,(H,27,30)(H,28,31)/t19-/m1/s1. The third-order valence-corrected chi connectivity index (χ3v) is 6.62. The van der Waals surface area contributed by atoms with Crippen LogP contribution in [0.4, 0.5) is 5.69 Å². The molecule has 31 heavy (non-hydrogen) atoms. The predicted molar refractivity (Wildman–Crippen MR) is 124 cm³/mol. The summed E-state index contributed by atoms with van der Waals surface area (Å²) in [5, 5.41) is 6.15. The van der Waals surface area contributed by atoms with Gasteiger partial charge in [-0.2, -0.15) is 0 Å². The van der Waals surface area contributed by atoms with Gasteiger partial charge in [0.05, 0.1) is 12.6 Å². The highest BCUT2D eigenvalue weighted by Crippen LogP contribution is 2.25. The Hall–Kier alpha value is -2.66. The Bertz CT molecular complexity index is 904. The molecule has 1 heterocycles. The molecule has 1 aliphatic carbocycles. The van der Waals surface area contributed by atoms with E-state index in [1.165, 1.54) is 36.0 Å². The summed E-state index contributed by atoms with van der Waals surface area (Å²) in [7, 11) is 0. The molecule has 0 radical (unpaired) electrons. The van der Waals surface area contributed by atoms with Gasteiger partial charge in [-0.1, -0.05) is 36.4 Å². The first-order valence-electron chi connectivity index (χ1n) is 11.6. The Kier molecular flexibility index (Phi) is 7.03. The van der Waals surface area contributed by atoms with Crippen molar-refractivity contribution in [1.82, 2.24) is 10.2 Å². The van der Waals surface area contributed by atoms with Crippen molar-refractivity contribution in [2.75, 3.05) is 25.0 Å². The molecule has 0 aromatic heterocycles. The minimum Gasteiger partial charge on any atom is -0.348 e. The highest BCUT2D eigenvalue weighted by Gasteiger charge is 2.26. The summed E-state index contributed by atoms with van der Waals surface area (Å²) in [6.07, 6.45) is 6.44. The van der Waals surface area contributed by atoms with E-state index in [-0.39, 0.29) is 23.8 Å². The van der Waals surface area contributed by atoms with Gasteiger partial charge in [0.2, 0.25) is 11.8 Å². The number of nitrogens with one attached hydrogen (secondary N) is 2. The third kappa shape index (κ3) is 5.73. The topological polar surface area (TPSA) is 61.4 Å². The van der Waals surface area contributed by atoms with Crippen LogP contribution < -0.4 is 10.6 Å². The number of fused-ring (bicyclic) bond motifs is 1. The number of aryl methyl sites for hydroxylation is 2. The molecular formula is C26H33N3O2. The van der Waals surface area contributed by atoms with E-state index in [9.17, 15) is 9.59 Å². The smallest absolute Gasteiger partial charge is 0.234 e. The molecule has 5 heteroatoms. The van der Waals surface area contributed by atoms with Gasteiger partial charge in [-0.05, 0) is 87.4 Å². The lowest BCUT2D eigenvalue weighted by Gasteiger charge is -2.31. The zero-order valence-corrected chi connectivity index (χ0v) is 18.4. The van der Waals surface area contributed by atoms with Crippen molar-refractivity contribution < 1.29 is 9.59 Å². The highest BCUT2D eigenvalue weighted by molar-refractivity contribution is 5.92. The van der Waals surface area contributed by atoms with Crippen LogP contribution in [0.3, 0.4) is 0 Å². The van der Waals surface area contributed by atoms with Crippen molar-refractivity contribution in [3.05, 3.63) is 65.2 Å². The van der Waals surface area contributed by atoms with E-state index in [1.54, 1.807) is 0 Å². The second-order valence-corrected chi connectivity index (χ2v) is 8.93. The fourth-order valence-electron chi connectivity index (χ4n) is 4.72. The Labute approximate surface area is 185 Å². The molecule has 2 aliphatic rings. The number of carbonyl (C=O) groups is 2. The molecule has 2 aromatic carbocycles. The summed E-state index contributed by atoms with van der Waals surface area (Å²) >= 11 is 0. The number of carbonyl (C=O) groups excluding carboxylic acids is 2. The number of para-hydroxylation sites is 1. The lowest BCUT2D eigenvalue weighted by molar-refractivity contribution is -0.124. The number of hydrogen-bond donors (Lipinski definition) is 2. The number of amides is 2. The molecule has 1 fully saturated rings. The van der Waals surface area contributed by atoms with Gasteiger partial charge >= 0.3 is 0 Å². The molecule has 0 bridgehead atoms. The van der Waals surface area contributed by atoms with Gasteiger partial charge in [0.1, 0.15) is 0 Å². The van der Waals surface area contributed by atoms with Crippen LogP contribution in [-0.4, -0.2) is 36.3 Å². The van der Waals surface area contributed by atoms with Crippen LogP contribution in [0.2, 0.25) is 0 Å². The van der Waals surface area contributed by atoms with E-state index in [0.717, 1.165) is 38.0 Å². The van der Waals surface area contributed by atoms with Crippen molar-refractivity contribution >= 4 is 17.5 Å². The second-order valence-electron chi connectivity index (χ2n) is 8.93. The monoisotopic (exact) mass is 419 g/mol. The first-order valence-corrected chi connectivity index (χ1v) is 11.6. The molecule has 1 aliphatic heterocycles. The summed E-state index contributed by atoms with van der Waals surface area (Å²) in [6, 6.07) is 16.3. The molecule has 1 saturated heterocycles. The number of rotatable bonds is 6. The summed E-state index contributed by atoms with van der Waals surface area (Å²) in [6.45, 7) is 3.99. The van der Waals surface area contributed by atoms with Gasteiger partial charge in [-0.15, -0.1) is 0 Å². The van der Waals surface area contributed by atoms with Gasteiger partial charge in [0.25, 0.3) is 0 Å². The third-order valence-electron chi connectivity index (χ3n) is 6.62. The van der Waals surface area contributed by atoms with E-state index in [1.807, 2.05) is 30.3 Å². The molecule has 164 valence electrons. The van der Waals surface area contributed by atoms with Crippen LogP contribution >= 0.6 is 0 Å². The normalized spacial score (nSPS) is 18.1. The molecule has 4 rings (SSSR count). The first kappa shape index (κ1) is 21.6. The molecule has 2 amide bonds. The molecule has 1 atom stereocenters. The van der Waals surface area contributed by atoms with E-state index in [4.69, 9.17) is 0 Å². The number of benzene rings is 2. The number of hydrogen-bond acceptors (Lipinski definition) is 3. The van der Waals surface area contributed by atoms with Gasteiger partial charge in [-0.25, -0.2) is 0 Å². The number of piperidine rings is 1. The van der Waals surface area contributed by atoms with Crippen LogP contribution in [0.25, 0.3) is 0 Å². The SMILES string of the molecule is C[C@@H](NC(=O)CN1CCC(C(=O)Nc2ccccc2)CC1)c1ccc2c(c1)CCCC2. The van der Waals surface area contributed by atoms with E-state index < -0.39 is 0 Å². The minimum absolute atomic E-state index is 0.00826. The van der Waals surface area contributed by atoms with Crippen molar-refractivity contribution in [2.45, 2.75) is 51.5 Å². The van der Waals surface area contributed by atoms with E-state index in [2.05, 4.69) is 40.7 Å². The van der Waals surface area contributed by atoms with Gasteiger partial charge in [-0.3, -0.25) is 14.5 Å². The van der Waals surface area contributed by atoms with Gasteiger partial charge in [0, 0.05) is 11.6 Å². The van der Waals surface area contributed by atoms with Crippen LogP contribution in [0, 0.1) is 5.92 Å². The van der Waals surface area contributed by atoms with Crippen LogP contribution in [-0.2, 0) is 22.4 Å². The lowest BCUT2D eigenvalue weighted by Crippen LogP contribution is -2.43. The Morgan fingerprint density at radius 2 is 1.71 bits per heavy atom. The average molecular weight is 420 g/mol. The van der Waals surface area contributed by atoms with Crippen molar-refractivity contribution in [1.29, 1.82) is 0 Å². The molecule has 0 spiro atoms. The second kappa shape index (κ2) is 10.1. The average Bonchev–Trinajstić information content (AvgIpc) is 2.79. The Morgan fingerprint density at radius 1 is 1.00 bits per heavy atom. The zero-order chi connectivity index (χ0) is 21.6. The van der Waals surface area contributed by atoms with Gasteiger partial charge < -0.3 is 10.6 Å². The summed E-state index contributed by atoms with van der Waals surface area (Å²) in [5.74, 6) is 0.141. The molecule has 2 N–H and O–H groups in total. The molecule has 0 saturated carbocycles. The highest BCUT2D eigenvalue weighted by atomic mass is 16.2. The number of nitrogens with zero attached hydrogens (tertiary/aromatic N) is 1. The summed E-state index contributed by atoms with van der Waals surface area (Å²) < 4.78 is 0. The summed E-state index contributed by atoms with van der Waals surface area (Å²) in [4.78, 5) is 27.3. The van der Waals surface area contributed by atoms with Crippen LogP contribution in [0.15, 0.2) is 48.5 Å². The first-order chi connectivity index (χ1) is 15.1.